The summed E-state index contributed by atoms with van der Waals surface area (Å²) in [7, 11) is 0. The van der Waals surface area contributed by atoms with Crippen molar-refractivity contribution in [2.45, 2.75) is 40.7 Å². The number of aromatic nitrogens is 4. The zero-order valence-electron chi connectivity index (χ0n) is 12.8. The summed E-state index contributed by atoms with van der Waals surface area (Å²) in [5, 5.41) is 4.59. The second-order valence-electron chi connectivity index (χ2n) is 6.15. The molecule has 0 aliphatic carbocycles. The predicted molar refractivity (Wildman–Crippen MR) is 80.9 cm³/mol. The molecule has 0 saturated carbocycles. The van der Waals surface area contributed by atoms with Crippen LogP contribution in [-0.2, 0) is 6.54 Å². The van der Waals surface area contributed by atoms with E-state index in [1.807, 2.05) is 11.6 Å². The van der Waals surface area contributed by atoms with Gasteiger partial charge < -0.3 is 4.90 Å². The van der Waals surface area contributed by atoms with Crippen LogP contribution in [0.25, 0.3) is 11.0 Å². The fourth-order valence-electron chi connectivity index (χ4n) is 3.45. The third-order valence-corrected chi connectivity index (χ3v) is 4.14. The number of rotatable bonds is 2. The summed E-state index contributed by atoms with van der Waals surface area (Å²) in [5.41, 5.74) is 3.07. The van der Waals surface area contributed by atoms with Gasteiger partial charge >= 0.3 is 0 Å². The Bertz CT molecular complexity index is 608. The minimum atomic E-state index is 0.711. The molecule has 0 amide bonds. The van der Waals surface area contributed by atoms with Crippen LogP contribution in [-0.4, -0.2) is 32.8 Å². The van der Waals surface area contributed by atoms with Crippen LogP contribution in [0.3, 0.4) is 0 Å². The van der Waals surface area contributed by atoms with Gasteiger partial charge in [-0.15, -0.1) is 0 Å². The number of hydrogen-bond donors (Lipinski definition) is 0. The van der Waals surface area contributed by atoms with Gasteiger partial charge in [-0.3, -0.25) is 4.68 Å². The highest BCUT2D eigenvalue weighted by Gasteiger charge is 2.25. The van der Waals surface area contributed by atoms with E-state index >= 15 is 0 Å². The summed E-state index contributed by atoms with van der Waals surface area (Å²) in [6, 6.07) is 0. The second-order valence-corrected chi connectivity index (χ2v) is 6.15. The van der Waals surface area contributed by atoms with E-state index in [0.29, 0.717) is 11.8 Å². The third-order valence-electron chi connectivity index (χ3n) is 4.14. The van der Waals surface area contributed by atoms with Crippen LogP contribution < -0.4 is 4.90 Å². The van der Waals surface area contributed by atoms with Crippen LogP contribution in [0.2, 0.25) is 0 Å². The SMILES string of the molecule is CCn1nc(C)c2ncnc(N3C[C@@H](C)C[C@H](C)C3)c21. The Hall–Kier alpha value is -1.65. The molecule has 1 aliphatic heterocycles. The van der Waals surface area contributed by atoms with Gasteiger partial charge in [-0.1, -0.05) is 13.8 Å². The second kappa shape index (κ2) is 5.04. The van der Waals surface area contributed by atoms with E-state index in [1.54, 1.807) is 6.33 Å². The van der Waals surface area contributed by atoms with Crippen molar-refractivity contribution in [2.75, 3.05) is 18.0 Å². The molecule has 3 heterocycles. The molecule has 0 spiro atoms. The van der Waals surface area contributed by atoms with Gasteiger partial charge in [0.15, 0.2) is 5.82 Å². The predicted octanol–water partition coefficient (Wildman–Crippen LogP) is 2.64. The van der Waals surface area contributed by atoms with Gasteiger partial charge in [-0.2, -0.15) is 5.10 Å². The fraction of sp³-hybridized carbons (Fsp3) is 0.667. The number of nitrogens with zero attached hydrogens (tertiary/aromatic N) is 5. The number of hydrogen-bond acceptors (Lipinski definition) is 4. The van der Waals surface area contributed by atoms with Crippen molar-refractivity contribution in [2.24, 2.45) is 11.8 Å². The van der Waals surface area contributed by atoms with Gasteiger partial charge in [0.1, 0.15) is 17.4 Å². The van der Waals surface area contributed by atoms with Crippen molar-refractivity contribution in [3.8, 4) is 0 Å². The summed E-state index contributed by atoms with van der Waals surface area (Å²) in [6.07, 6.45) is 2.98. The van der Waals surface area contributed by atoms with Gasteiger partial charge in [0, 0.05) is 19.6 Å². The van der Waals surface area contributed by atoms with E-state index < -0.39 is 0 Å². The smallest absolute Gasteiger partial charge is 0.158 e. The highest BCUT2D eigenvalue weighted by molar-refractivity contribution is 5.87. The maximum atomic E-state index is 4.59. The Morgan fingerprint density at radius 1 is 1.20 bits per heavy atom. The van der Waals surface area contributed by atoms with Gasteiger partial charge in [-0.25, -0.2) is 9.97 Å². The zero-order chi connectivity index (χ0) is 14.3. The van der Waals surface area contributed by atoms with Crippen molar-refractivity contribution in [1.29, 1.82) is 0 Å². The third kappa shape index (κ3) is 2.15. The molecular weight excluding hydrogens is 250 g/mol. The highest BCUT2D eigenvalue weighted by Crippen LogP contribution is 2.30. The van der Waals surface area contributed by atoms with Crippen molar-refractivity contribution >= 4 is 16.9 Å². The lowest BCUT2D eigenvalue weighted by atomic mass is 9.92. The van der Waals surface area contributed by atoms with Crippen LogP contribution >= 0.6 is 0 Å². The summed E-state index contributed by atoms with van der Waals surface area (Å²) in [4.78, 5) is 11.4. The van der Waals surface area contributed by atoms with Crippen molar-refractivity contribution < 1.29 is 0 Å². The van der Waals surface area contributed by atoms with E-state index in [9.17, 15) is 0 Å². The molecule has 1 aliphatic rings. The monoisotopic (exact) mass is 273 g/mol. The summed E-state index contributed by atoms with van der Waals surface area (Å²) >= 11 is 0. The number of piperidine rings is 1. The largest absolute Gasteiger partial charge is 0.354 e. The lowest BCUT2D eigenvalue weighted by Gasteiger charge is -2.36. The number of fused-ring (bicyclic) bond motifs is 1. The van der Waals surface area contributed by atoms with Gasteiger partial charge in [0.25, 0.3) is 0 Å². The average Bonchev–Trinajstić information content (AvgIpc) is 2.74. The molecular formula is C15H23N5. The molecule has 2 aromatic rings. The van der Waals surface area contributed by atoms with Gasteiger partial charge in [-0.05, 0) is 32.1 Å². The average molecular weight is 273 g/mol. The van der Waals surface area contributed by atoms with Crippen molar-refractivity contribution in [1.82, 2.24) is 19.7 Å². The summed E-state index contributed by atoms with van der Waals surface area (Å²) in [5.74, 6) is 2.47. The standard InChI is InChI=1S/C15H23N5/c1-5-20-14-13(12(4)18-20)16-9-17-15(14)19-7-10(2)6-11(3)8-19/h9-11H,5-8H2,1-4H3/t10-,11-/m0/s1. The summed E-state index contributed by atoms with van der Waals surface area (Å²) < 4.78 is 2.03. The molecule has 0 bridgehead atoms. The van der Waals surface area contributed by atoms with E-state index in [-0.39, 0.29) is 0 Å². The molecule has 108 valence electrons. The molecule has 5 nitrogen and oxygen atoms in total. The quantitative estimate of drug-likeness (QED) is 0.844. The van der Waals surface area contributed by atoms with Gasteiger partial charge in [0.2, 0.25) is 0 Å². The van der Waals surface area contributed by atoms with Crippen LogP contribution in [0.1, 0.15) is 32.9 Å². The van der Waals surface area contributed by atoms with Crippen LogP contribution in [0.15, 0.2) is 6.33 Å². The summed E-state index contributed by atoms with van der Waals surface area (Å²) in [6.45, 7) is 11.8. The van der Waals surface area contributed by atoms with Crippen LogP contribution in [0, 0.1) is 18.8 Å². The van der Waals surface area contributed by atoms with E-state index in [1.165, 1.54) is 6.42 Å². The van der Waals surface area contributed by atoms with Crippen LogP contribution in [0.5, 0.6) is 0 Å². The molecule has 1 fully saturated rings. The number of aryl methyl sites for hydroxylation is 2. The topological polar surface area (TPSA) is 46.8 Å². The molecule has 0 unspecified atom stereocenters. The van der Waals surface area contributed by atoms with E-state index in [4.69, 9.17) is 0 Å². The van der Waals surface area contributed by atoms with Crippen LogP contribution in [0.4, 0.5) is 5.82 Å². The molecule has 0 radical (unpaired) electrons. The first kappa shape index (κ1) is 13.3. The molecule has 0 N–H and O–H groups in total. The first-order valence-electron chi connectivity index (χ1n) is 7.53. The molecule has 20 heavy (non-hydrogen) atoms. The Morgan fingerprint density at radius 3 is 2.55 bits per heavy atom. The molecule has 2 aromatic heterocycles. The minimum Gasteiger partial charge on any atom is -0.354 e. The normalized spacial score (nSPS) is 23.5. The highest BCUT2D eigenvalue weighted by atomic mass is 15.3. The molecule has 5 heteroatoms. The fourth-order valence-corrected chi connectivity index (χ4v) is 3.45. The minimum absolute atomic E-state index is 0.711. The Balaban J connectivity index is 2.11. The Labute approximate surface area is 120 Å². The first-order valence-corrected chi connectivity index (χ1v) is 7.53. The molecule has 1 saturated heterocycles. The lowest BCUT2D eigenvalue weighted by Crippen LogP contribution is -2.39. The van der Waals surface area contributed by atoms with Gasteiger partial charge in [0.05, 0.1) is 5.69 Å². The Morgan fingerprint density at radius 2 is 1.90 bits per heavy atom. The molecule has 0 aromatic carbocycles. The maximum absolute atomic E-state index is 4.59. The number of anilines is 1. The van der Waals surface area contributed by atoms with Crippen molar-refractivity contribution in [3.05, 3.63) is 12.0 Å². The first-order chi connectivity index (χ1) is 9.60. The molecule has 2 atom stereocenters. The lowest BCUT2D eigenvalue weighted by molar-refractivity contribution is 0.355. The van der Waals surface area contributed by atoms with E-state index in [2.05, 4.69) is 40.7 Å². The zero-order valence-corrected chi connectivity index (χ0v) is 12.8. The van der Waals surface area contributed by atoms with E-state index in [0.717, 1.165) is 42.2 Å². The molecule has 3 rings (SSSR count). The Kier molecular flexibility index (Phi) is 3.36. The maximum Gasteiger partial charge on any atom is 0.158 e. The van der Waals surface area contributed by atoms with Crippen molar-refractivity contribution in [3.63, 3.8) is 0 Å².